The molecule has 0 bridgehead atoms. The van der Waals surface area contributed by atoms with Crippen LogP contribution in [0.2, 0.25) is 0 Å². The number of rotatable bonds is 3. The first kappa shape index (κ1) is 28.4. The third kappa shape index (κ3) is 5.37. The normalized spacial score (nSPS) is 18.5. The minimum atomic E-state index is -2.32. The van der Waals surface area contributed by atoms with Crippen LogP contribution in [-0.4, -0.2) is 6.71 Å². The van der Waals surface area contributed by atoms with Crippen LogP contribution >= 0.6 is 0 Å². The van der Waals surface area contributed by atoms with Crippen molar-refractivity contribution in [3.63, 3.8) is 0 Å². The van der Waals surface area contributed by atoms with E-state index in [0.717, 1.165) is 80.0 Å². The Labute approximate surface area is 332 Å². The standard InChI is InChI=1S/C51H53BN2/c1-32-16-20-37(21-17-32)53-44-22-18-33(2)26-41(44)52-42-30-39-40(51(9,10)25-24-50(39,7)8)31-45(42)54(47-28-34(3)27-46(53)48(47)52)43-23-19-36(49(4,5)6)29-38(43)35-14-12-11-13-15-35/h11-23,26-31H,24-25H2,1-10H3/i1D3,2D3. The summed E-state index contributed by atoms with van der Waals surface area (Å²) in [6, 6.07) is 39.8. The molecule has 0 radical (unpaired) electrons. The topological polar surface area (TPSA) is 6.48 Å². The molecule has 54 heavy (non-hydrogen) atoms. The Bertz CT molecular complexity index is 2690. The van der Waals surface area contributed by atoms with Gasteiger partial charge in [0.25, 0.3) is 6.71 Å². The fraction of sp³-hybridized carbons (Fsp3) is 0.294. The van der Waals surface area contributed by atoms with E-state index in [1.54, 1.807) is 18.2 Å². The lowest BCUT2D eigenvalue weighted by Crippen LogP contribution is -2.62. The summed E-state index contributed by atoms with van der Waals surface area (Å²) < 4.78 is 50.0. The van der Waals surface area contributed by atoms with Crippen LogP contribution in [-0.2, 0) is 16.2 Å². The monoisotopic (exact) mass is 710 g/mol. The van der Waals surface area contributed by atoms with Crippen LogP contribution in [0, 0.1) is 20.6 Å². The highest BCUT2D eigenvalue weighted by atomic mass is 15.2. The van der Waals surface area contributed by atoms with E-state index in [0.29, 0.717) is 5.56 Å². The molecule has 0 saturated heterocycles. The Morgan fingerprint density at radius 3 is 1.85 bits per heavy atom. The molecule has 0 saturated carbocycles. The summed E-state index contributed by atoms with van der Waals surface area (Å²) in [6.07, 6.45) is 2.14. The van der Waals surface area contributed by atoms with Gasteiger partial charge in [0.15, 0.2) is 0 Å². The number of hydrogen-bond acceptors (Lipinski definition) is 2. The Balaban J connectivity index is 1.43. The molecule has 6 aromatic carbocycles. The van der Waals surface area contributed by atoms with Gasteiger partial charge in [-0.25, -0.2) is 0 Å². The predicted molar refractivity (Wildman–Crippen MR) is 234 cm³/mol. The minimum Gasteiger partial charge on any atom is -0.311 e. The fourth-order valence-corrected chi connectivity index (χ4v) is 9.39. The Morgan fingerprint density at radius 2 is 1.19 bits per heavy atom. The van der Waals surface area contributed by atoms with E-state index in [9.17, 15) is 0 Å². The zero-order chi connectivity index (χ0) is 42.9. The summed E-state index contributed by atoms with van der Waals surface area (Å²) in [4.78, 5) is 4.69. The van der Waals surface area contributed by atoms with Gasteiger partial charge in [-0.3, -0.25) is 0 Å². The molecule has 3 heteroatoms. The molecule has 0 aromatic heterocycles. The second kappa shape index (κ2) is 12.0. The molecule has 0 unspecified atom stereocenters. The maximum Gasteiger partial charge on any atom is 0.252 e. The van der Waals surface area contributed by atoms with Crippen molar-refractivity contribution in [2.75, 3.05) is 9.80 Å². The summed E-state index contributed by atoms with van der Waals surface area (Å²) in [7, 11) is 0. The Morgan fingerprint density at radius 1 is 0.574 bits per heavy atom. The van der Waals surface area contributed by atoms with E-state index in [2.05, 4.69) is 138 Å². The fourth-order valence-electron chi connectivity index (χ4n) is 9.39. The molecule has 6 aromatic rings. The molecular formula is C51H53BN2. The summed E-state index contributed by atoms with van der Waals surface area (Å²) >= 11 is 0. The van der Waals surface area contributed by atoms with E-state index < -0.39 is 13.7 Å². The van der Waals surface area contributed by atoms with Crippen LogP contribution in [0.15, 0.2) is 115 Å². The predicted octanol–water partition coefficient (Wildman–Crippen LogP) is 12.0. The molecule has 0 amide bonds. The smallest absolute Gasteiger partial charge is 0.252 e. The highest BCUT2D eigenvalue weighted by molar-refractivity contribution is 7.00. The number of fused-ring (bicyclic) bond motifs is 5. The van der Waals surface area contributed by atoms with Crippen LogP contribution in [0.3, 0.4) is 0 Å². The lowest BCUT2D eigenvalue weighted by Gasteiger charge is -2.47. The molecule has 1 aliphatic carbocycles. The molecule has 2 aliphatic heterocycles. The zero-order valence-corrected chi connectivity index (χ0v) is 32.9. The average molecular weight is 711 g/mol. The summed E-state index contributed by atoms with van der Waals surface area (Å²) in [5.74, 6) is 0. The van der Waals surface area contributed by atoms with Crippen LogP contribution in [0.25, 0.3) is 11.1 Å². The second-order valence-corrected chi connectivity index (χ2v) is 18.2. The molecule has 270 valence electrons. The van der Waals surface area contributed by atoms with Crippen LogP contribution in [0.4, 0.5) is 34.1 Å². The van der Waals surface area contributed by atoms with E-state index in [-0.39, 0.29) is 28.5 Å². The summed E-state index contributed by atoms with van der Waals surface area (Å²) in [6.45, 7) is 13.5. The van der Waals surface area contributed by atoms with Gasteiger partial charge in [-0.05, 0) is 142 Å². The molecule has 0 atom stereocenters. The van der Waals surface area contributed by atoms with Crippen molar-refractivity contribution in [2.45, 2.75) is 98.2 Å². The van der Waals surface area contributed by atoms with Crippen molar-refractivity contribution in [3.05, 3.63) is 149 Å². The van der Waals surface area contributed by atoms with Crippen LogP contribution in [0.1, 0.15) is 103 Å². The number of nitrogens with zero attached hydrogens (tertiary/aromatic N) is 2. The van der Waals surface area contributed by atoms with Gasteiger partial charge in [-0.15, -0.1) is 0 Å². The van der Waals surface area contributed by atoms with Crippen molar-refractivity contribution in [3.8, 4) is 11.1 Å². The molecule has 0 spiro atoms. The summed E-state index contributed by atoms with van der Waals surface area (Å²) in [5, 5.41) is 0. The maximum absolute atomic E-state index is 8.57. The van der Waals surface area contributed by atoms with Crippen molar-refractivity contribution < 1.29 is 8.22 Å². The van der Waals surface area contributed by atoms with Gasteiger partial charge >= 0.3 is 0 Å². The lowest BCUT2D eigenvalue weighted by molar-refractivity contribution is 0.332. The zero-order valence-electron chi connectivity index (χ0n) is 38.9. The van der Waals surface area contributed by atoms with E-state index in [4.69, 9.17) is 8.22 Å². The van der Waals surface area contributed by atoms with Crippen LogP contribution < -0.4 is 26.2 Å². The van der Waals surface area contributed by atoms with E-state index >= 15 is 0 Å². The SMILES string of the molecule is [2H]C([2H])([2H])c1ccc(N2c3ccc(C([2H])([2H])[2H])cc3B3c4cc5c(cc4N(c4ccc(C(C)(C)C)cc4-c4ccccc4)c4cc(C)cc2c43)C(C)(C)CCC5(C)C)cc1. The molecule has 2 heterocycles. The first-order valence-electron chi connectivity index (χ1n) is 22.4. The number of aryl methyl sites for hydroxylation is 3. The van der Waals surface area contributed by atoms with Crippen molar-refractivity contribution in [2.24, 2.45) is 0 Å². The number of benzene rings is 6. The van der Waals surface area contributed by atoms with Gasteiger partial charge in [0.2, 0.25) is 0 Å². The molecule has 0 fully saturated rings. The van der Waals surface area contributed by atoms with Crippen molar-refractivity contribution >= 4 is 57.2 Å². The maximum atomic E-state index is 8.57. The lowest BCUT2D eigenvalue weighted by atomic mass is 9.33. The quantitative estimate of drug-likeness (QED) is 0.168. The highest BCUT2D eigenvalue weighted by Crippen LogP contribution is 2.51. The second-order valence-electron chi connectivity index (χ2n) is 18.2. The summed E-state index contributed by atoms with van der Waals surface area (Å²) in [5.41, 5.74) is 16.7. The van der Waals surface area contributed by atoms with Gasteiger partial charge < -0.3 is 9.80 Å². The number of hydrogen-bond donors (Lipinski definition) is 0. The first-order chi connectivity index (χ1) is 28.0. The van der Waals surface area contributed by atoms with Gasteiger partial charge in [-0.1, -0.05) is 126 Å². The van der Waals surface area contributed by atoms with Crippen molar-refractivity contribution in [1.82, 2.24) is 0 Å². The molecular weight excluding hydrogens is 651 g/mol. The largest absolute Gasteiger partial charge is 0.311 e. The van der Waals surface area contributed by atoms with E-state index in [1.807, 2.05) is 24.3 Å². The third-order valence-corrected chi connectivity index (χ3v) is 12.5. The Kier molecular flexibility index (Phi) is 6.31. The van der Waals surface area contributed by atoms with Gasteiger partial charge in [0.05, 0.1) is 5.69 Å². The van der Waals surface area contributed by atoms with Crippen molar-refractivity contribution in [1.29, 1.82) is 0 Å². The Hall–Kier alpha value is -5.02. The minimum absolute atomic E-state index is 0.0570. The van der Waals surface area contributed by atoms with Crippen LogP contribution in [0.5, 0.6) is 0 Å². The highest BCUT2D eigenvalue weighted by Gasteiger charge is 2.46. The van der Waals surface area contributed by atoms with Gasteiger partial charge in [0, 0.05) is 42.2 Å². The van der Waals surface area contributed by atoms with Gasteiger partial charge in [0.1, 0.15) is 0 Å². The number of anilines is 6. The molecule has 3 aliphatic rings. The first-order valence-corrected chi connectivity index (χ1v) is 19.4. The van der Waals surface area contributed by atoms with E-state index in [1.165, 1.54) is 16.7 Å². The molecule has 2 nitrogen and oxygen atoms in total. The third-order valence-electron chi connectivity index (χ3n) is 12.5. The average Bonchev–Trinajstić information content (AvgIpc) is 3.18. The van der Waals surface area contributed by atoms with Gasteiger partial charge in [-0.2, -0.15) is 0 Å². The molecule has 0 N–H and O–H groups in total. The molecule has 9 rings (SSSR count).